The summed E-state index contributed by atoms with van der Waals surface area (Å²) < 4.78 is 33.3. The van der Waals surface area contributed by atoms with E-state index in [2.05, 4.69) is 10.3 Å². The van der Waals surface area contributed by atoms with E-state index < -0.39 is 11.5 Å². The van der Waals surface area contributed by atoms with Crippen LogP contribution in [-0.2, 0) is 17.9 Å². The highest BCUT2D eigenvalue weighted by Gasteiger charge is 2.55. The van der Waals surface area contributed by atoms with Crippen LogP contribution in [0.1, 0.15) is 30.5 Å². The smallest absolute Gasteiger partial charge is 0.277 e. The van der Waals surface area contributed by atoms with Gasteiger partial charge in [0.2, 0.25) is 5.88 Å². The van der Waals surface area contributed by atoms with E-state index in [0.29, 0.717) is 29.0 Å². The van der Waals surface area contributed by atoms with Gasteiger partial charge in [0.05, 0.1) is 5.69 Å². The third-order valence-corrected chi connectivity index (χ3v) is 6.02. The van der Waals surface area contributed by atoms with E-state index in [1.165, 1.54) is 6.07 Å². The molecule has 0 radical (unpaired) electrons. The monoisotopic (exact) mass is 371 g/mol. The second kappa shape index (κ2) is 5.49. The first-order chi connectivity index (χ1) is 12.7. The minimum absolute atomic E-state index is 0.122. The zero-order valence-electron chi connectivity index (χ0n) is 15.4. The quantitative estimate of drug-likeness (QED) is 0.867. The number of nitrogens with two attached hydrogens (primary N) is 1. The van der Waals surface area contributed by atoms with Gasteiger partial charge in [0.15, 0.2) is 0 Å². The van der Waals surface area contributed by atoms with Gasteiger partial charge in [-0.25, -0.2) is 13.8 Å². The van der Waals surface area contributed by atoms with Crippen molar-refractivity contribution in [3.63, 3.8) is 0 Å². The molecule has 0 bridgehead atoms. The van der Waals surface area contributed by atoms with Gasteiger partial charge >= 0.3 is 0 Å². The van der Waals surface area contributed by atoms with E-state index >= 15 is 0 Å². The average molecular weight is 371 g/mol. The summed E-state index contributed by atoms with van der Waals surface area (Å²) in [6.07, 6.45) is -0.00158. The predicted molar refractivity (Wildman–Crippen MR) is 98.8 cm³/mol. The summed E-state index contributed by atoms with van der Waals surface area (Å²) >= 11 is 0. The maximum absolute atomic E-state index is 13.6. The molecule has 4 nitrogen and oxygen atoms in total. The van der Waals surface area contributed by atoms with E-state index in [1.807, 2.05) is 32.0 Å². The molecule has 1 aromatic heterocycles. The second-order valence-electron chi connectivity index (χ2n) is 8.62. The fourth-order valence-electron chi connectivity index (χ4n) is 4.25. The minimum Gasteiger partial charge on any atom is -0.474 e. The highest BCUT2D eigenvalue weighted by molar-refractivity contribution is 5.65. The lowest BCUT2D eigenvalue weighted by Gasteiger charge is -2.30. The third kappa shape index (κ3) is 2.82. The maximum Gasteiger partial charge on any atom is 0.277 e. The van der Waals surface area contributed by atoms with E-state index in [1.54, 1.807) is 6.07 Å². The van der Waals surface area contributed by atoms with Gasteiger partial charge in [0.25, 0.3) is 5.92 Å². The van der Waals surface area contributed by atoms with Crippen LogP contribution in [0.2, 0.25) is 0 Å². The fourth-order valence-corrected chi connectivity index (χ4v) is 4.25. The van der Waals surface area contributed by atoms with Crippen molar-refractivity contribution in [2.24, 2.45) is 17.6 Å². The Hall–Kier alpha value is -2.05. The molecule has 3 atom stereocenters. The first kappa shape index (κ1) is 17.1. The van der Waals surface area contributed by atoms with Crippen molar-refractivity contribution in [1.82, 2.24) is 10.3 Å². The Labute approximate surface area is 157 Å². The summed E-state index contributed by atoms with van der Waals surface area (Å²) in [7, 11) is 0. The number of piperidine rings is 1. The van der Waals surface area contributed by atoms with Crippen molar-refractivity contribution in [2.75, 3.05) is 13.1 Å². The van der Waals surface area contributed by atoms with Crippen molar-refractivity contribution >= 4 is 0 Å². The molecule has 1 saturated carbocycles. The first-order valence-corrected chi connectivity index (χ1v) is 9.43. The summed E-state index contributed by atoms with van der Waals surface area (Å²) in [4.78, 5) is 4.67. The third-order valence-electron chi connectivity index (χ3n) is 6.02. The second-order valence-corrected chi connectivity index (χ2v) is 8.62. The molecule has 2 aromatic rings. The number of alkyl halides is 2. The summed E-state index contributed by atoms with van der Waals surface area (Å²) in [6, 6.07) is 8.86. The Balaban J connectivity index is 1.50. The number of aromatic nitrogens is 1. The number of hydrogen-bond donors (Lipinski definition) is 2. The molecule has 1 aromatic carbocycles. The van der Waals surface area contributed by atoms with Crippen LogP contribution in [0.4, 0.5) is 8.78 Å². The number of nitrogens with one attached hydrogen (secondary N) is 1. The van der Waals surface area contributed by atoms with E-state index in [-0.39, 0.29) is 18.1 Å². The number of hydrogen-bond acceptors (Lipinski definition) is 4. The van der Waals surface area contributed by atoms with Crippen LogP contribution in [0.15, 0.2) is 30.3 Å². The van der Waals surface area contributed by atoms with Crippen molar-refractivity contribution in [2.45, 2.75) is 37.8 Å². The molecule has 1 saturated heterocycles. The van der Waals surface area contributed by atoms with Gasteiger partial charge in [-0.15, -0.1) is 0 Å². The minimum atomic E-state index is -2.70. The van der Waals surface area contributed by atoms with E-state index in [4.69, 9.17) is 10.5 Å². The molecule has 1 aliphatic heterocycles. The van der Waals surface area contributed by atoms with Crippen molar-refractivity contribution < 1.29 is 13.5 Å². The molecule has 6 heteroatoms. The summed E-state index contributed by atoms with van der Waals surface area (Å²) in [5.41, 5.74) is 9.02. The van der Waals surface area contributed by atoms with Crippen molar-refractivity contribution in [3.8, 4) is 17.1 Å². The van der Waals surface area contributed by atoms with Crippen LogP contribution in [0.25, 0.3) is 11.3 Å². The van der Waals surface area contributed by atoms with Crippen LogP contribution in [0, 0.1) is 11.8 Å². The average Bonchev–Trinajstić information content (AvgIpc) is 3.01. The molecule has 2 fully saturated rings. The highest BCUT2D eigenvalue weighted by Crippen LogP contribution is 2.46. The molecule has 3 aliphatic rings. The zero-order valence-corrected chi connectivity index (χ0v) is 15.4. The molecule has 142 valence electrons. The van der Waals surface area contributed by atoms with Gasteiger partial charge in [-0.1, -0.05) is 12.1 Å². The Morgan fingerprint density at radius 3 is 2.56 bits per heavy atom. The van der Waals surface area contributed by atoms with E-state index in [0.717, 1.165) is 24.2 Å². The lowest BCUT2D eigenvalue weighted by atomic mass is 9.83. The van der Waals surface area contributed by atoms with Crippen LogP contribution in [0.5, 0.6) is 5.88 Å². The van der Waals surface area contributed by atoms with Crippen LogP contribution in [0.3, 0.4) is 0 Å². The van der Waals surface area contributed by atoms with E-state index in [9.17, 15) is 8.78 Å². The predicted octanol–water partition coefficient (Wildman–Crippen LogP) is 3.19. The summed E-state index contributed by atoms with van der Waals surface area (Å²) in [5.74, 6) is -1.02. The number of ether oxygens (including phenoxy) is 1. The highest BCUT2D eigenvalue weighted by atomic mass is 19.3. The molecule has 27 heavy (non-hydrogen) atoms. The van der Waals surface area contributed by atoms with Crippen LogP contribution in [-0.4, -0.2) is 24.2 Å². The van der Waals surface area contributed by atoms with Gasteiger partial charge in [0, 0.05) is 54.1 Å². The van der Waals surface area contributed by atoms with Gasteiger partial charge in [0.1, 0.15) is 6.10 Å². The summed E-state index contributed by atoms with van der Waals surface area (Å²) in [5, 5.41) is 3.35. The number of pyridine rings is 1. The lowest BCUT2D eigenvalue weighted by molar-refractivity contribution is -0.0287. The Morgan fingerprint density at radius 1 is 1.19 bits per heavy atom. The van der Waals surface area contributed by atoms with Gasteiger partial charge < -0.3 is 15.8 Å². The normalized spacial score (nSPS) is 27.5. The lowest BCUT2D eigenvalue weighted by Crippen LogP contribution is -2.29. The number of nitrogens with zero attached hydrogens (tertiary/aromatic N) is 1. The molecule has 2 aliphatic carbocycles. The standard InChI is InChI=1S/C21H23F2N3O/c1-20(2,24)13-6-17(11-3-4-16-12(5-11)8-21(16,22)23)26-18(7-13)27-19-14-9-25-10-15(14)19/h3-7,14-15,19,25H,8-10,24H2,1-2H3/t14-,15+,19-. The topological polar surface area (TPSA) is 60.2 Å². The number of halogens is 2. The Bertz CT molecular complexity index is 912. The van der Waals surface area contributed by atoms with Crippen LogP contribution >= 0.6 is 0 Å². The van der Waals surface area contributed by atoms with Crippen molar-refractivity contribution in [3.05, 3.63) is 47.0 Å². The van der Waals surface area contributed by atoms with Gasteiger partial charge in [-0.2, -0.15) is 0 Å². The SMILES string of the molecule is CC(C)(N)c1cc(O[C@@H]2[C@@H]3CNC[C@@H]32)nc(-c2ccc3c(c2)CC3(F)F)c1. The summed E-state index contributed by atoms with van der Waals surface area (Å²) in [6.45, 7) is 5.85. The maximum atomic E-state index is 13.6. The fraction of sp³-hybridized carbons (Fsp3) is 0.476. The Morgan fingerprint density at radius 2 is 1.93 bits per heavy atom. The molecule has 3 N–H and O–H groups in total. The Kier molecular flexibility index (Phi) is 3.47. The largest absolute Gasteiger partial charge is 0.474 e. The molecule has 5 rings (SSSR count). The number of benzene rings is 1. The molecular weight excluding hydrogens is 348 g/mol. The molecular formula is C21H23F2N3O. The van der Waals surface area contributed by atoms with Crippen LogP contribution < -0.4 is 15.8 Å². The molecule has 0 amide bonds. The molecule has 0 unspecified atom stereocenters. The first-order valence-electron chi connectivity index (χ1n) is 9.43. The number of rotatable bonds is 4. The van der Waals surface area contributed by atoms with Gasteiger partial charge in [-0.3, -0.25) is 0 Å². The molecule has 2 heterocycles. The molecule has 0 spiro atoms. The number of fused-ring (bicyclic) bond motifs is 2. The van der Waals surface area contributed by atoms with Gasteiger partial charge in [-0.05, 0) is 37.1 Å². The van der Waals surface area contributed by atoms with Crippen molar-refractivity contribution in [1.29, 1.82) is 0 Å². The zero-order chi connectivity index (χ0) is 19.0.